The SMILES string of the molecule is CN1C[C@H]2CC[C@@H]1CN(S(=O)(=O)c1ccc(-c3ccno3)s1)C2. The number of piperidine rings is 1. The highest BCUT2D eigenvalue weighted by Gasteiger charge is 2.38. The molecule has 0 spiro atoms. The lowest BCUT2D eigenvalue weighted by Crippen LogP contribution is -2.41. The lowest BCUT2D eigenvalue weighted by Gasteiger charge is -2.32. The molecule has 3 aliphatic heterocycles. The monoisotopic (exact) mass is 353 g/mol. The van der Waals surface area contributed by atoms with Crippen LogP contribution in [0.4, 0.5) is 0 Å². The smallest absolute Gasteiger partial charge is 0.252 e. The lowest BCUT2D eigenvalue weighted by atomic mass is 9.96. The Labute approximate surface area is 139 Å². The maximum Gasteiger partial charge on any atom is 0.252 e. The molecule has 0 saturated carbocycles. The van der Waals surface area contributed by atoms with Crippen LogP contribution < -0.4 is 0 Å². The van der Waals surface area contributed by atoms with Crippen molar-refractivity contribution >= 4 is 21.4 Å². The van der Waals surface area contributed by atoms with Crippen molar-refractivity contribution in [3.8, 4) is 10.6 Å². The van der Waals surface area contributed by atoms with Crippen molar-refractivity contribution in [3.05, 3.63) is 24.4 Å². The van der Waals surface area contributed by atoms with E-state index in [0.717, 1.165) is 24.3 Å². The average molecular weight is 353 g/mol. The summed E-state index contributed by atoms with van der Waals surface area (Å²) < 4.78 is 33.2. The van der Waals surface area contributed by atoms with Crippen molar-refractivity contribution in [3.63, 3.8) is 0 Å². The van der Waals surface area contributed by atoms with Gasteiger partial charge >= 0.3 is 0 Å². The van der Waals surface area contributed by atoms with E-state index in [-0.39, 0.29) is 0 Å². The number of rotatable bonds is 3. The molecule has 6 nitrogen and oxygen atoms in total. The maximum atomic E-state index is 13.0. The van der Waals surface area contributed by atoms with E-state index in [0.29, 0.717) is 35.0 Å². The molecule has 0 aromatic carbocycles. The maximum absolute atomic E-state index is 13.0. The van der Waals surface area contributed by atoms with Crippen molar-refractivity contribution in [2.24, 2.45) is 5.92 Å². The topological polar surface area (TPSA) is 66.7 Å². The van der Waals surface area contributed by atoms with Gasteiger partial charge < -0.3 is 9.42 Å². The van der Waals surface area contributed by atoms with Crippen LogP contribution >= 0.6 is 11.3 Å². The van der Waals surface area contributed by atoms with E-state index in [1.165, 1.54) is 11.3 Å². The first-order chi connectivity index (χ1) is 11.0. The Morgan fingerprint density at radius 1 is 1.22 bits per heavy atom. The highest BCUT2D eigenvalue weighted by molar-refractivity contribution is 7.91. The van der Waals surface area contributed by atoms with Gasteiger partial charge in [0.15, 0.2) is 5.76 Å². The van der Waals surface area contributed by atoms with Crippen molar-refractivity contribution in [1.82, 2.24) is 14.4 Å². The van der Waals surface area contributed by atoms with Crippen LogP contribution in [0, 0.1) is 5.92 Å². The number of aromatic nitrogens is 1. The van der Waals surface area contributed by atoms with Gasteiger partial charge in [-0.25, -0.2) is 8.42 Å². The largest absolute Gasteiger partial charge is 0.355 e. The Hall–Kier alpha value is -1.22. The van der Waals surface area contributed by atoms with Gasteiger partial charge in [-0.2, -0.15) is 4.31 Å². The molecule has 2 bridgehead atoms. The van der Waals surface area contributed by atoms with Gasteiger partial charge in [0, 0.05) is 31.7 Å². The Balaban J connectivity index is 1.63. The first kappa shape index (κ1) is 15.3. The number of sulfonamides is 1. The van der Waals surface area contributed by atoms with Crippen molar-refractivity contribution in [1.29, 1.82) is 0 Å². The highest BCUT2D eigenvalue weighted by atomic mass is 32.2. The summed E-state index contributed by atoms with van der Waals surface area (Å²) in [7, 11) is -1.34. The molecule has 5 heterocycles. The van der Waals surface area contributed by atoms with E-state index >= 15 is 0 Å². The molecule has 2 atom stereocenters. The average Bonchev–Trinajstić information content (AvgIpc) is 3.13. The number of hydrogen-bond acceptors (Lipinski definition) is 6. The first-order valence-electron chi connectivity index (χ1n) is 7.75. The lowest BCUT2D eigenvalue weighted by molar-refractivity contribution is 0.168. The molecule has 0 amide bonds. The molecule has 3 aliphatic rings. The minimum absolute atomic E-state index is 0.331. The molecule has 2 aromatic heterocycles. The van der Waals surface area contributed by atoms with Gasteiger partial charge in [-0.3, -0.25) is 0 Å². The van der Waals surface area contributed by atoms with Crippen LogP contribution in [0.25, 0.3) is 10.6 Å². The van der Waals surface area contributed by atoms with Gasteiger partial charge in [0.2, 0.25) is 0 Å². The van der Waals surface area contributed by atoms with Crippen LogP contribution in [0.5, 0.6) is 0 Å². The van der Waals surface area contributed by atoms with Crippen LogP contribution in [-0.2, 0) is 10.0 Å². The standard InChI is InChI=1S/C15H19N3O3S2/c1-17-8-11-2-3-12(17)10-18(9-11)23(19,20)15-5-4-14(22-15)13-6-7-16-21-13/h4-7,11-12H,2-3,8-10H2,1H3/t11-,12-/m1/s1. The summed E-state index contributed by atoms with van der Waals surface area (Å²) in [5.41, 5.74) is 0. The van der Waals surface area contributed by atoms with E-state index in [2.05, 4.69) is 17.1 Å². The van der Waals surface area contributed by atoms with Crippen molar-refractivity contribution in [2.45, 2.75) is 23.1 Å². The molecule has 23 heavy (non-hydrogen) atoms. The molecule has 0 N–H and O–H groups in total. The molecule has 3 fully saturated rings. The molecule has 124 valence electrons. The fourth-order valence-corrected chi connectivity index (χ4v) is 6.50. The second-order valence-corrected chi connectivity index (χ2v) is 9.60. The summed E-state index contributed by atoms with van der Waals surface area (Å²) >= 11 is 1.24. The number of fused-ring (bicyclic) bond motifs is 4. The predicted octanol–water partition coefficient (Wildman–Crippen LogP) is 2.12. The third kappa shape index (κ3) is 2.73. The minimum atomic E-state index is -3.44. The van der Waals surface area contributed by atoms with Gasteiger partial charge in [0.05, 0.1) is 11.1 Å². The molecule has 3 saturated heterocycles. The van der Waals surface area contributed by atoms with Crippen LogP contribution in [0.3, 0.4) is 0 Å². The van der Waals surface area contributed by atoms with Gasteiger partial charge in [-0.05, 0) is 37.9 Å². The number of likely N-dealkylation sites (N-methyl/N-ethyl adjacent to an activating group) is 1. The van der Waals surface area contributed by atoms with Crippen LogP contribution in [0.2, 0.25) is 0 Å². The third-order valence-corrected chi connectivity index (χ3v) is 8.21. The molecule has 8 heteroatoms. The summed E-state index contributed by atoms with van der Waals surface area (Å²) in [6, 6.07) is 5.53. The van der Waals surface area contributed by atoms with E-state index in [4.69, 9.17) is 4.52 Å². The van der Waals surface area contributed by atoms with E-state index in [1.807, 2.05) is 0 Å². The van der Waals surface area contributed by atoms with Gasteiger partial charge in [0.1, 0.15) is 4.21 Å². The van der Waals surface area contributed by atoms with Crippen LogP contribution in [0.15, 0.2) is 33.1 Å². The molecule has 5 rings (SSSR count). The summed E-state index contributed by atoms with van der Waals surface area (Å²) in [6.45, 7) is 2.20. The quantitative estimate of drug-likeness (QED) is 0.845. The van der Waals surface area contributed by atoms with Crippen molar-refractivity contribution < 1.29 is 12.9 Å². The molecular weight excluding hydrogens is 334 g/mol. The summed E-state index contributed by atoms with van der Waals surface area (Å²) in [6.07, 6.45) is 3.77. The second kappa shape index (κ2) is 5.70. The number of nitrogens with zero attached hydrogens (tertiary/aromatic N) is 3. The molecule has 0 aliphatic carbocycles. The fraction of sp³-hybridized carbons (Fsp3) is 0.533. The van der Waals surface area contributed by atoms with Crippen LogP contribution in [-0.4, -0.2) is 55.5 Å². The zero-order valence-corrected chi connectivity index (χ0v) is 14.5. The van der Waals surface area contributed by atoms with E-state index in [1.54, 1.807) is 28.7 Å². The molecule has 0 radical (unpaired) electrons. The van der Waals surface area contributed by atoms with Gasteiger partial charge in [-0.15, -0.1) is 11.3 Å². The second-order valence-electron chi connectivity index (χ2n) is 6.35. The zero-order chi connectivity index (χ0) is 16.0. The summed E-state index contributed by atoms with van der Waals surface area (Å²) in [5, 5.41) is 3.67. The molecular formula is C15H19N3O3S2. The van der Waals surface area contributed by atoms with Crippen LogP contribution in [0.1, 0.15) is 12.8 Å². The van der Waals surface area contributed by atoms with Gasteiger partial charge in [0.25, 0.3) is 10.0 Å². The highest BCUT2D eigenvalue weighted by Crippen LogP contribution is 2.35. The molecule has 2 aromatic rings. The Morgan fingerprint density at radius 3 is 2.83 bits per heavy atom. The summed E-state index contributed by atoms with van der Waals surface area (Å²) in [4.78, 5) is 3.09. The summed E-state index contributed by atoms with van der Waals surface area (Å²) in [5.74, 6) is 1.04. The van der Waals surface area contributed by atoms with E-state index < -0.39 is 10.0 Å². The fourth-order valence-electron chi connectivity index (χ4n) is 3.53. The zero-order valence-electron chi connectivity index (χ0n) is 12.9. The number of thiophene rings is 1. The Kier molecular flexibility index (Phi) is 3.79. The normalized spacial score (nSPS) is 26.5. The van der Waals surface area contributed by atoms with Crippen molar-refractivity contribution in [2.75, 3.05) is 26.7 Å². The minimum Gasteiger partial charge on any atom is -0.355 e. The number of hydrogen-bond donors (Lipinski definition) is 0. The third-order valence-electron chi connectivity index (χ3n) is 4.81. The Bertz CT molecular complexity index is 785. The first-order valence-corrected chi connectivity index (χ1v) is 10.0. The van der Waals surface area contributed by atoms with Gasteiger partial charge in [-0.1, -0.05) is 5.16 Å². The predicted molar refractivity (Wildman–Crippen MR) is 87.7 cm³/mol. The Morgan fingerprint density at radius 2 is 2.09 bits per heavy atom. The molecule has 0 unspecified atom stereocenters. The van der Waals surface area contributed by atoms with E-state index in [9.17, 15) is 8.42 Å².